The van der Waals surface area contributed by atoms with E-state index in [0.29, 0.717) is 17.4 Å². The number of carbonyl (C=O) groups is 2. The summed E-state index contributed by atoms with van der Waals surface area (Å²) in [5.41, 5.74) is 0.869. The lowest BCUT2D eigenvalue weighted by atomic mass is 10.1. The average Bonchev–Trinajstić information content (AvgIpc) is 2.46. The number of rotatable bonds is 4. The van der Waals surface area contributed by atoms with Gasteiger partial charge in [0.2, 0.25) is 0 Å². The van der Waals surface area contributed by atoms with Crippen LogP contribution in [0.5, 0.6) is 0 Å². The molecule has 5 heteroatoms. The van der Waals surface area contributed by atoms with Gasteiger partial charge in [0.25, 0.3) is 5.91 Å². The summed E-state index contributed by atoms with van der Waals surface area (Å²) in [5, 5.41) is 2.51. The largest absolute Gasteiger partial charge is 0.348 e. The molecule has 2 aromatic carbocycles. The molecule has 0 aromatic heterocycles. The number of benzene rings is 2. The van der Waals surface area contributed by atoms with E-state index in [-0.39, 0.29) is 12.1 Å². The van der Waals surface area contributed by atoms with Gasteiger partial charge in [0, 0.05) is 29.3 Å². The Morgan fingerprint density at radius 1 is 1.15 bits per heavy atom. The Balaban J connectivity index is 2.06. The SMILES string of the molecule is O=Cc1cccc(C(=O)NCc2ccc(F)cc2F)c1. The van der Waals surface area contributed by atoms with E-state index in [1.165, 1.54) is 12.1 Å². The fourth-order valence-corrected chi connectivity index (χ4v) is 1.70. The third-order valence-corrected chi connectivity index (χ3v) is 2.74. The zero-order valence-electron chi connectivity index (χ0n) is 10.4. The molecule has 102 valence electrons. The molecule has 1 amide bonds. The van der Waals surface area contributed by atoms with E-state index in [9.17, 15) is 18.4 Å². The van der Waals surface area contributed by atoms with Crippen LogP contribution >= 0.6 is 0 Å². The number of hydrogen-bond acceptors (Lipinski definition) is 2. The van der Waals surface area contributed by atoms with Crippen LogP contribution < -0.4 is 5.32 Å². The molecular weight excluding hydrogens is 264 g/mol. The summed E-state index contributed by atoms with van der Waals surface area (Å²) in [7, 11) is 0. The Morgan fingerprint density at radius 3 is 2.65 bits per heavy atom. The normalized spacial score (nSPS) is 10.1. The van der Waals surface area contributed by atoms with Gasteiger partial charge in [0.05, 0.1) is 0 Å². The van der Waals surface area contributed by atoms with Crippen LogP contribution in [0.25, 0.3) is 0 Å². The molecule has 0 saturated carbocycles. The number of nitrogens with one attached hydrogen (secondary N) is 1. The summed E-state index contributed by atoms with van der Waals surface area (Å²) in [4.78, 5) is 22.5. The molecule has 1 N–H and O–H groups in total. The maximum absolute atomic E-state index is 13.4. The second kappa shape index (κ2) is 6.06. The molecule has 0 atom stereocenters. The van der Waals surface area contributed by atoms with Crippen LogP contribution in [-0.4, -0.2) is 12.2 Å². The van der Waals surface area contributed by atoms with E-state index < -0.39 is 17.5 Å². The van der Waals surface area contributed by atoms with Gasteiger partial charge >= 0.3 is 0 Å². The van der Waals surface area contributed by atoms with Crippen molar-refractivity contribution in [2.75, 3.05) is 0 Å². The lowest BCUT2D eigenvalue weighted by molar-refractivity contribution is 0.0950. The Hall–Kier alpha value is -2.56. The van der Waals surface area contributed by atoms with Crippen molar-refractivity contribution in [1.82, 2.24) is 5.32 Å². The zero-order chi connectivity index (χ0) is 14.5. The smallest absolute Gasteiger partial charge is 0.251 e. The van der Waals surface area contributed by atoms with Gasteiger partial charge in [-0.2, -0.15) is 0 Å². The Bertz CT molecular complexity index is 656. The number of carbonyl (C=O) groups excluding carboxylic acids is 2. The van der Waals surface area contributed by atoms with E-state index in [2.05, 4.69) is 5.32 Å². The first kappa shape index (κ1) is 13.9. The fraction of sp³-hybridized carbons (Fsp3) is 0.0667. The van der Waals surface area contributed by atoms with Gasteiger partial charge in [0.15, 0.2) is 0 Å². The molecule has 0 bridgehead atoms. The summed E-state index contributed by atoms with van der Waals surface area (Å²) >= 11 is 0. The first-order chi connectivity index (χ1) is 9.60. The van der Waals surface area contributed by atoms with Gasteiger partial charge < -0.3 is 5.32 Å². The minimum atomic E-state index is -0.716. The maximum atomic E-state index is 13.4. The van der Waals surface area contributed by atoms with Crippen LogP contribution in [-0.2, 0) is 6.54 Å². The third kappa shape index (κ3) is 3.26. The fourth-order valence-electron chi connectivity index (χ4n) is 1.70. The molecule has 0 unspecified atom stereocenters. The Kier molecular flexibility index (Phi) is 4.20. The van der Waals surface area contributed by atoms with Crippen molar-refractivity contribution in [2.24, 2.45) is 0 Å². The third-order valence-electron chi connectivity index (χ3n) is 2.74. The van der Waals surface area contributed by atoms with Crippen LogP contribution in [0.4, 0.5) is 8.78 Å². The first-order valence-electron chi connectivity index (χ1n) is 5.87. The molecule has 0 radical (unpaired) electrons. The van der Waals surface area contributed by atoms with E-state index in [4.69, 9.17) is 0 Å². The van der Waals surface area contributed by atoms with Crippen molar-refractivity contribution in [3.05, 3.63) is 70.8 Å². The summed E-state index contributed by atoms with van der Waals surface area (Å²) in [6.07, 6.45) is 0.635. The van der Waals surface area contributed by atoms with Crippen molar-refractivity contribution in [3.63, 3.8) is 0 Å². The van der Waals surface area contributed by atoms with Crippen LogP contribution in [0.1, 0.15) is 26.3 Å². The van der Waals surface area contributed by atoms with E-state index >= 15 is 0 Å². The topological polar surface area (TPSA) is 46.2 Å². The lowest BCUT2D eigenvalue weighted by Gasteiger charge is -2.07. The Morgan fingerprint density at radius 2 is 1.95 bits per heavy atom. The highest BCUT2D eigenvalue weighted by molar-refractivity contribution is 5.95. The van der Waals surface area contributed by atoms with Crippen LogP contribution in [0.15, 0.2) is 42.5 Å². The molecule has 0 saturated heterocycles. The van der Waals surface area contributed by atoms with Crippen molar-refractivity contribution >= 4 is 12.2 Å². The molecule has 3 nitrogen and oxygen atoms in total. The van der Waals surface area contributed by atoms with Crippen molar-refractivity contribution in [1.29, 1.82) is 0 Å². The number of amides is 1. The summed E-state index contributed by atoms with van der Waals surface area (Å²) in [5.74, 6) is -1.82. The van der Waals surface area contributed by atoms with Gasteiger partial charge in [-0.3, -0.25) is 9.59 Å². The molecule has 0 heterocycles. The van der Waals surface area contributed by atoms with E-state index in [1.54, 1.807) is 18.2 Å². The minimum Gasteiger partial charge on any atom is -0.348 e. The second-order valence-corrected chi connectivity index (χ2v) is 4.16. The molecule has 2 rings (SSSR count). The minimum absolute atomic E-state index is 0.0593. The quantitative estimate of drug-likeness (QED) is 0.872. The molecule has 0 fully saturated rings. The van der Waals surface area contributed by atoms with Crippen molar-refractivity contribution in [3.8, 4) is 0 Å². The molecular formula is C15H11F2NO2. The lowest BCUT2D eigenvalue weighted by Crippen LogP contribution is -2.23. The highest BCUT2D eigenvalue weighted by Crippen LogP contribution is 2.10. The molecule has 0 aliphatic rings. The average molecular weight is 275 g/mol. The highest BCUT2D eigenvalue weighted by atomic mass is 19.1. The summed E-state index contributed by atoms with van der Waals surface area (Å²) in [6.45, 7) is -0.0593. The first-order valence-corrected chi connectivity index (χ1v) is 5.87. The molecule has 2 aromatic rings. The highest BCUT2D eigenvalue weighted by Gasteiger charge is 2.08. The predicted octanol–water partition coefficient (Wildman–Crippen LogP) is 2.71. The van der Waals surface area contributed by atoms with Crippen molar-refractivity contribution in [2.45, 2.75) is 6.54 Å². The summed E-state index contributed by atoms with van der Waals surface area (Å²) < 4.78 is 26.1. The van der Waals surface area contributed by atoms with Gasteiger partial charge in [0.1, 0.15) is 17.9 Å². The van der Waals surface area contributed by atoms with E-state index in [1.807, 2.05) is 0 Å². The molecule has 0 spiro atoms. The molecule has 0 aliphatic heterocycles. The van der Waals surface area contributed by atoms with Crippen LogP contribution in [0.3, 0.4) is 0 Å². The van der Waals surface area contributed by atoms with E-state index in [0.717, 1.165) is 12.1 Å². The number of aldehydes is 1. The standard InChI is InChI=1S/C15H11F2NO2/c16-13-5-4-12(14(17)7-13)8-18-15(20)11-3-1-2-10(6-11)9-19/h1-7,9H,8H2,(H,18,20). The predicted molar refractivity (Wildman–Crippen MR) is 69.4 cm³/mol. The Labute approximate surface area is 114 Å². The van der Waals surface area contributed by atoms with Gasteiger partial charge in [-0.1, -0.05) is 18.2 Å². The monoisotopic (exact) mass is 275 g/mol. The number of hydrogen-bond donors (Lipinski definition) is 1. The second-order valence-electron chi connectivity index (χ2n) is 4.16. The van der Waals surface area contributed by atoms with Crippen molar-refractivity contribution < 1.29 is 18.4 Å². The zero-order valence-corrected chi connectivity index (χ0v) is 10.4. The molecule has 20 heavy (non-hydrogen) atoms. The number of halogens is 2. The van der Waals surface area contributed by atoms with Gasteiger partial charge in [-0.15, -0.1) is 0 Å². The maximum Gasteiger partial charge on any atom is 0.251 e. The van der Waals surface area contributed by atoms with Gasteiger partial charge in [-0.25, -0.2) is 8.78 Å². The molecule has 0 aliphatic carbocycles. The summed E-state index contributed by atoms with van der Waals surface area (Å²) in [6, 6.07) is 9.28. The van der Waals surface area contributed by atoms with Crippen LogP contribution in [0.2, 0.25) is 0 Å². The van der Waals surface area contributed by atoms with Gasteiger partial charge in [-0.05, 0) is 18.2 Å². The van der Waals surface area contributed by atoms with Crippen LogP contribution in [0, 0.1) is 11.6 Å².